The van der Waals surface area contributed by atoms with Gasteiger partial charge in [0, 0.05) is 48.4 Å². The molecule has 0 radical (unpaired) electrons. The highest BCUT2D eigenvalue weighted by atomic mass is 35.5. The smallest absolute Gasteiger partial charge is 0.258 e. The highest BCUT2D eigenvalue weighted by Crippen LogP contribution is 2.36. The van der Waals surface area contributed by atoms with Crippen molar-refractivity contribution >= 4 is 11.6 Å². The Morgan fingerprint density at radius 2 is 1.87 bits per heavy atom. The maximum atomic E-state index is 13.3. The normalized spacial score (nSPS) is 20.4. The summed E-state index contributed by atoms with van der Waals surface area (Å²) in [6.07, 6.45) is 1.13. The molecular weight excluding hydrogens is 394 g/mol. The third-order valence-electron chi connectivity index (χ3n) is 6.30. The molecule has 3 aromatic rings. The van der Waals surface area contributed by atoms with Gasteiger partial charge in [-0.25, -0.2) is 0 Å². The van der Waals surface area contributed by atoms with Crippen molar-refractivity contribution in [3.05, 3.63) is 92.9 Å². The summed E-state index contributed by atoms with van der Waals surface area (Å²) in [5.41, 5.74) is 4.76. The van der Waals surface area contributed by atoms with Crippen LogP contribution in [-0.2, 0) is 13.1 Å². The van der Waals surface area contributed by atoms with Crippen LogP contribution in [0.4, 0.5) is 0 Å². The highest BCUT2D eigenvalue weighted by molar-refractivity contribution is 6.30. The first kappa shape index (κ1) is 19.1. The van der Waals surface area contributed by atoms with Gasteiger partial charge in [-0.05, 0) is 59.9 Å². The summed E-state index contributed by atoms with van der Waals surface area (Å²) in [5, 5.41) is 9.82. The van der Waals surface area contributed by atoms with Crippen LogP contribution in [-0.4, -0.2) is 22.6 Å². The summed E-state index contributed by atoms with van der Waals surface area (Å²) in [6.45, 7) is 3.52. The largest absolute Gasteiger partial charge is 0.311 e. The number of fused-ring (bicyclic) bond motifs is 4. The number of aromatic nitrogens is 1. The Hall–Kier alpha value is -2.87. The molecule has 0 amide bonds. The molecular formula is C25H22ClN3O. The van der Waals surface area contributed by atoms with Crippen molar-refractivity contribution in [2.75, 3.05) is 13.1 Å². The zero-order chi connectivity index (χ0) is 20.7. The minimum Gasteiger partial charge on any atom is -0.311 e. The fourth-order valence-electron chi connectivity index (χ4n) is 5.02. The van der Waals surface area contributed by atoms with Crippen LogP contribution in [0.3, 0.4) is 0 Å². The van der Waals surface area contributed by atoms with Gasteiger partial charge in [0.2, 0.25) is 0 Å². The molecule has 0 spiro atoms. The third-order valence-corrected chi connectivity index (χ3v) is 6.55. The van der Waals surface area contributed by atoms with Crippen molar-refractivity contribution in [1.29, 1.82) is 5.26 Å². The fraction of sp³-hybridized carbons (Fsp3) is 0.280. The predicted octanol–water partition coefficient (Wildman–Crippen LogP) is 4.66. The lowest BCUT2D eigenvalue weighted by Crippen LogP contribution is -2.46. The van der Waals surface area contributed by atoms with Gasteiger partial charge in [0.1, 0.15) is 0 Å². The van der Waals surface area contributed by atoms with Crippen molar-refractivity contribution in [2.24, 2.45) is 5.92 Å². The summed E-state index contributed by atoms with van der Waals surface area (Å²) in [7, 11) is 0. The van der Waals surface area contributed by atoms with Gasteiger partial charge >= 0.3 is 0 Å². The van der Waals surface area contributed by atoms with E-state index < -0.39 is 0 Å². The van der Waals surface area contributed by atoms with Gasteiger partial charge in [-0.1, -0.05) is 35.9 Å². The van der Waals surface area contributed by atoms with Crippen molar-refractivity contribution in [2.45, 2.75) is 25.4 Å². The molecule has 150 valence electrons. The number of likely N-dealkylation sites (tertiary alicyclic amines) is 1. The number of nitriles is 1. The average Bonchev–Trinajstić information content (AvgIpc) is 2.75. The molecule has 0 aliphatic carbocycles. The van der Waals surface area contributed by atoms with E-state index in [2.05, 4.69) is 23.1 Å². The maximum absolute atomic E-state index is 13.3. The van der Waals surface area contributed by atoms with E-state index in [1.54, 1.807) is 0 Å². The van der Waals surface area contributed by atoms with E-state index in [9.17, 15) is 4.79 Å². The number of rotatable bonds is 3. The SMILES string of the molecule is N#Cc1cccc(CN2CC3CC(C2)c2ccc(-c4ccc(Cl)cc4)c(=O)n2C3)c1. The van der Waals surface area contributed by atoms with E-state index in [-0.39, 0.29) is 5.56 Å². The van der Waals surface area contributed by atoms with Gasteiger partial charge in [0.05, 0.1) is 11.6 Å². The standard InChI is InChI=1S/C25H22ClN3O/c26-22-6-4-20(5-7-22)23-8-9-24-21-11-19(15-29(24)25(23)30)14-28(16-21)13-18-3-1-2-17(10-18)12-27/h1-10,19,21H,11,13-16H2. The van der Waals surface area contributed by atoms with Gasteiger partial charge < -0.3 is 4.57 Å². The van der Waals surface area contributed by atoms with Gasteiger partial charge in [-0.15, -0.1) is 0 Å². The molecule has 0 saturated carbocycles. The zero-order valence-corrected chi connectivity index (χ0v) is 17.3. The van der Waals surface area contributed by atoms with E-state index in [4.69, 9.17) is 16.9 Å². The lowest BCUT2D eigenvalue weighted by molar-refractivity contribution is 0.114. The van der Waals surface area contributed by atoms with Crippen LogP contribution >= 0.6 is 11.6 Å². The molecule has 2 aliphatic rings. The molecule has 2 aromatic carbocycles. The first-order chi connectivity index (χ1) is 14.6. The molecule has 2 aliphatic heterocycles. The summed E-state index contributed by atoms with van der Waals surface area (Å²) in [6, 6.07) is 21.6. The molecule has 0 N–H and O–H groups in total. The predicted molar refractivity (Wildman–Crippen MR) is 118 cm³/mol. The van der Waals surface area contributed by atoms with Crippen LogP contribution in [0, 0.1) is 17.2 Å². The van der Waals surface area contributed by atoms with Gasteiger partial charge in [-0.3, -0.25) is 9.69 Å². The Kier molecular flexibility index (Phi) is 4.94. The Bertz CT molecular complexity index is 1190. The maximum Gasteiger partial charge on any atom is 0.258 e. The van der Waals surface area contributed by atoms with Crippen LogP contribution in [0.5, 0.6) is 0 Å². The third kappa shape index (κ3) is 3.56. The molecule has 2 unspecified atom stereocenters. The van der Waals surface area contributed by atoms with Crippen molar-refractivity contribution < 1.29 is 0 Å². The fourth-order valence-corrected chi connectivity index (χ4v) is 5.15. The number of hydrogen-bond acceptors (Lipinski definition) is 3. The average molecular weight is 416 g/mol. The molecule has 1 aromatic heterocycles. The Labute approximate surface area is 181 Å². The molecule has 5 heteroatoms. The van der Waals surface area contributed by atoms with Gasteiger partial charge in [0.25, 0.3) is 5.56 Å². The van der Waals surface area contributed by atoms with Crippen LogP contribution in [0.2, 0.25) is 5.02 Å². The number of pyridine rings is 1. The summed E-state index contributed by atoms with van der Waals surface area (Å²) in [5.74, 6) is 0.831. The number of nitrogens with zero attached hydrogens (tertiary/aromatic N) is 3. The van der Waals surface area contributed by atoms with Crippen LogP contribution in [0.1, 0.15) is 29.2 Å². The summed E-state index contributed by atoms with van der Waals surface area (Å²) < 4.78 is 2.00. The number of hydrogen-bond donors (Lipinski definition) is 0. The molecule has 2 atom stereocenters. The number of piperidine rings is 1. The second-order valence-electron chi connectivity index (χ2n) is 8.40. The molecule has 4 nitrogen and oxygen atoms in total. The number of halogens is 1. The Balaban J connectivity index is 1.41. The minimum absolute atomic E-state index is 0.0969. The lowest BCUT2D eigenvalue weighted by Gasteiger charge is -2.43. The second kappa shape index (κ2) is 7.75. The highest BCUT2D eigenvalue weighted by Gasteiger charge is 2.35. The Morgan fingerprint density at radius 3 is 2.67 bits per heavy atom. The van der Waals surface area contributed by atoms with E-state index in [1.165, 1.54) is 5.56 Å². The number of benzene rings is 2. The molecule has 1 fully saturated rings. The van der Waals surface area contributed by atoms with E-state index >= 15 is 0 Å². The van der Waals surface area contributed by atoms with E-state index in [1.807, 2.05) is 53.1 Å². The quantitative estimate of drug-likeness (QED) is 0.625. The van der Waals surface area contributed by atoms with Crippen LogP contribution < -0.4 is 5.56 Å². The molecule has 1 saturated heterocycles. The van der Waals surface area contributed by atoms with Crippen molar-refractivity contribution in [3.8, 4) is 17.2 Å². The van der Waals surface area contributed by atoms with E-state index in [0.717, 1.165) is 49.4 Å². The molecule has 30 heavy (non-hydrogen) atoms. The van der Waals surface area contributed by atoms with Crippen molar-refractivity contribution in [3.63, 3.8) is 0 Å². The summed E-state index contributed by atoms with van der Waals surface area (Å²) >= 11 is 6.00. The lowest BCUT2D eigenvalue weighted by atomic mass is 9.82. The zero-order valence-electron chi connectivity index (χ0n) is 16.6. The van der Waals surface area contributed by atoms with Crippen molar-refractivity contribution in [1.82, 2.24) is 9.47 Å². The monoisotopic (exact) mass is 415 g/mol. The topological polar surface area (TPSA) is 49.0 Å². The second-order valence-corrected chi connectivity index (χ2v) is 8.84. The van der Waals surface area contributed by atoms with Gasteiger partial charge in [-0.2, -0.15) is 5.26 Å². The van der Waals surface area contributed by atoms with Gasteiger partial charge in [0.15, 0.2) is 0 Å². The minimum atomic E-state index is 0.0969. The van der Waals surface area contributed by atoms with Crippen LogP contribution in [0.25, 0.3) is 11.1 Å². The van der Waals surface area contributed by atoms with Crippen LogP contribution in [0.15, 0.2) is 65.5 Å². The van der Waals surface area contributed by atoms with E-state index in [0.29, 0.717) is 22.4 Å². The first-order valence-corrected chi connectivity index (χ1v) is 10.7. The Morgan fingerprint density at radius 1 is 1.03 bits per heavy atom. The molecule has 2 bridgehead atoms. The molecule has 5 rings (SSSR count). The summed E-state index contributed by atoms with van der Waals surface area (Å²) in [4.78, 5) is 15.7. The molecule has 3 heterocycles. The first-order valence-electron chi connectivity index (χ1n) is 10.3.